The standard InChI is InChI=1S/C10H22N2P/c1-9-7-13(11(3)4,12(5)6)8-10(9)2/h7-8H2,1-6H3/q+1. The number of allylic oxidation sites excluding steroid dienone is 2. The fraction of sp³-hybridized carbons (Fsp3) is 0.800. The number of hydrogen-bond acceptors (Lipinski definition) is 2. The molecule has 1 heterocycles. The first-order valence-corrected chi connectivity index (χ1v) is 6.84. The van der Waals surface area contributed by atoms with E-state index in [1.54, 1.807) is 11.1 Å². The first-order valence-electron chi connectivity index (χ1n) is 4.78. The van der Waals surface area contributed by atoms with E-state index < -0.39 is 7.56 Å². The van der Waals surface area contributed by atoms with Gasteiger partial charge in [-0.2, -0.15) is 9.34 Å². The van der Waals surface area contributed by atoms with E-state index in [1.807, 2.05) is 0 Å². The fourth-order valence-electron chi connectivity index (χ4n) is 2.01. The normalized spacial score (nSPS) is 22.2. The molecule has 0 spiro atoms. The Hall–Kier alpha value is 0.0900. The van der Waals surface area contributed by atoms with Crippen molar-refractivity contribution in [1.29, 1.82) is 0 Å². The van der Waals surface area contributed by atoms with Crippen LogP contribution in [-0.4, -0.2) is 49.9 Å². The second-order valence-corrected chi connectivity index (χ2v) is 8.44. The smallest absolute Gasteiger partial charge is 0.160 e. The van der Waals surface area contributed by atoms with Crippen LogP contribution in [-0.2, 0) is 0 Å². The van der Waals surface area contributed by atoms with Crippen LogP contribution in [0.15, 0.2) is 11.1 Å². The van der Waals surface area contributed by atoms with Gasteiger partial charge in [0.25, 0.3) is 0 Å². The summed E-state index contributed by atoms with van der Waals surface area (Å²) in [4.78, 5) is 0. The molecule has 1 aliphatic rings. The number of nitrogens with zero attached hydrogens (tertiary/aromatic N) is 2. The first kappa shape index (κ1) is 11.2. The molecule has 0 atom stereocenters. The van der Waals surface area contributed by atoms with Crippen LogP contribution in [0.1, 0.15) is 13.8 Å². The van der Waals surface area contributed by atoms with Crippen LogP contribution in [0.3, 0.4) is 0 Å². The molecule has 0 aliphatic carbocycles. The molecule has 0 aromatic carbocycles. The number of hydrogen-bond donors (Lipinski definition) is 0. The van der Waals surface area contributed by atoms with E-state index in [2.05, 4.69) is 51.4 Å². The Morgan fingerprint density at radius 1 is 0.846 bits per heavy atom. The summed E-state index contributed by atoms with van der Waals surface area (Å²) < 4.78 is 4.90. The Morgan fingerprint density at radius 2 is 1.15 bits per heavy atom. The quantitative estimate of drug-likeness (QED) is 0.499. The van der Waals surface area contributed by atoms with E-state index in [0.717, 1.165) is 0 Å². The zero-order valence-corrected chi connectivity index (χ0v) is 10.7. The molecule has 0 amide bonds. The maximum Gasteiger partial charge on any atom is 0.160 e. The fourth-order valence-corrected chi connectivity index (χ4v) is 6.03. The minimum absolute atomic E-state index is 1.01. The summed E-state index contributed by atoms with van der Waals surface area (Å²) >= 11 is 0. The van der Waals surface area contributed by atoms with Crippen molar-refractivity contribution in [3.63, 3.8) is 0 Å². The van der Waals surface area contributed by atoms with Gasteiger partial charge in [-0.15, -0.1) is 0 Å². The van der Waals surface area contributed by atoms with E-state index in [4.69, 9.17) is 0 Å². The predicted molar refractivity (Wildman–Crippen MR) is 62.4 cm³/mol. The highest BCUT2D eigenvalue weighted by molar-refractivity contribution is 7.72. The largest absolute Gasteiger partial charge is 0.169 e. The van der Waals surface area contributed by atoms with Crippen LogP contribution >= 0.6 is 7.56 Å². The van der Waals surface area contributed by atoms with Gasteiger partial charge in [0.05, 0.1) is 0 Å². The van der Waals surface area contributed by atoms with Gasteiger partial charge < -0.3 is 0 Å². The highest BCUT2D eigenvalue weighted by atomic mass is 31.2. The van der Waals surface area contributed by atoms with E-state index in [1.165, 1.54) is 12.3 Å². The molecule has 0 saturated carbocycles. The Kier molecular flexibility index (Phi) is 3.16. The predicted octanol–water partition coefficient (Wildman–Crippen LogP) is 2.31. The van der Waals surface area contributed by atoms with Gasteiger partial charge in [-0.05, 0) is 25.0 Å². The van der Waals surface area contributed by atoms with Crippen molar-refractivity contribution in [2.75, 3.05) is 40.5 Å². The third-order valence-corrected chi connectivity index (χ3v) is 8.14. The molecule has 1 aliphatic heterocycles. The van der Waals surface area contributed by atoms with Crippen LogP contribution in [0.5, 0.6) is 0 Å². The Bertz CT molecular complexity index is 207. The van der Waals surface area contributed by atoms with Gasteiger partial charge in [-0.3, -0.25) is 0 Å². The first-order chi connectivity index (χ1) is 5.90. The monoisotopic (exact) mass is 201 g/mol. The molecule has 0 saturated heterocycles. The summed E-state index contributed by atoms with van der Waals surface area (Å²) in [6, 6.07) is 0. The van der Waals surface area contributed by atoms with Gasteiger partial charge in [-0.1, -0.05) is 0 Å². The van der Waals surface area contributed by atoms with Crippen molar-refractivity contribution in [1.82, 2.24) is 9.34 Å². The number of rotatable bonds is 2. The Balaban J connectivity index is 2.89. The minimum atomic E-state index is -1.01. The van der Waals surface area contributed by atoms with Gasteiger partial charge >= 0.3 is 0 Å². The summed E-state index contributed by atoms with van der Waals surface area (Å²) in [6.07, 6.45) is 2.58. The summed E-state index contributed by atoms with van der Waals surface area (Å²) in [5, 5.41) is 0. The summed E-state index contributed by atoms with van der Waals surface area (Å²) in [6.45, 7) is 4.56. The molecule has 0 N–H and O–H groups in total. The van der Waals surface area contributed by atoms with Crippen molar-refractivity contribution < 1.29 is 0 Å². The molecule has 2 nitrogen and oxygen atoms in total. The third-order valence-electron chi connectivity index (χ3n) is 3.20. The molecule has 0 unspecified atom stereocenters. The van der Waals surface area contributed by atoms with E-state index in [0.29, 0.717) is 0 Å². The molecular weight excluding hydrogens is 179 g/mol. The zero-order valence-electron chi connectivity index (χ0n) is 9.76. The van der Waals surface area contributed by atoms with E-state index >= 15 is 0 Å². The lowest BCUT2D eigenvalue weighted by Gasteiger charge is -2.33. The van der Waals surface area contributed by atoms with Gasteiger partial charge in [0.1, 0.15) is 12.3 Å². The lowest BCUT2D eigenvalue weighted by molar-refractivity contribution is 0.554. The SMILES string of the molecule is CC1=C(C)C[P+](N(C)C)(N(C)C)C1. The molecule has 0 radical (unpaired) electrons. The molecule has 0 aromatic rings. The maximum atomic E-state index is 2.45. The van der Waals surface area contributed by atoms with Crippen molar-refractivity contribution in [2.45, 2.75) is 13.8 Å². The van der Waals surface area contributed by atoms with Crippen molar-refractivity contribution >= 4 is 7.56 Å². The van der Waals surface area contributed by atoms with Crippen molar-refractivity contribution in [3.8, 4) is 0 Å². The van der Waals surface area contributed by atoms with Gasteiger partial charge in [0.15, 0.2) is 7.56 Å². The average molecular weight is 201 g/mol. The molecule has 0 aromatic heterocycles. The van der Waals surface area contributed by atoms with Crippen molar-refractivity contribution in [3.05, 3.63) is 11.1 Å². The molecule has 76 valence electrons. The molecule has 0 fully saturated rings. The van der Waals surface area contributed by atoms with Gasteiger partial charge in [0, 0.05) is 28.2 Å². The molecule has 3 heteroatoms. The molecular formula is C10H22N2P+. The zero-order chi connectivity index (χ0) is 10.2. The lowest BCUT2D eigenvalue weighted by atomic mass is 10.2. The average Bonchev–Trinajstić information content (AvgIpc) is 2.29. The topological polar surface area (TPSA) is 6.48 Å². The van der Waals surface area contributed by atoms with Crippen molar-refractivity contribution in [2.24, 2.45) is 0 Å². The summed E-state index contributed by atoms with van der Waals surface area (Å²) in [5.74, 6) is 0. The van der Waals surface area contributed by atoms with Gasteiger partial charge in [-0.25, -0.2) is 0 Å². The Morgan fingerprint density at radius 3 is 1.31 bits per heavy atom. The third kappa shape index (κ3) is 1.81. The second-order valence-electron chi connectivity index (χ2n) is 4.45. The van der Waals surface area contributed by atoms with Crippen LogP contribution in [0.2, 0.25) is 0 Å². The van der Waals surface area contributed by atoms with E-state index in [-0.39, 0.29) is 0 Å². The highest BCUT2D eigenvalue weighted by Crippen LogP contribution is 2.67. The molecule has 0 bridgehead atoms. The summed E-state index contributed by atoms with van der Waals surface area (Å²) in [7, 11) is 7.88. The maximum absolute atomic E-state index is 2.45. The van der Waals surface area contributed by atoms with E-state index in [9.17, 15) is 0 Å². The van der Waals surface area contributed by atoms with Crippen LogP contribution in [0, 0.1) is 0 Å². The van der Waals surface area contributed by atoms with Crippen LogP contribution in [0.4, 0.5) is 0 Å². The van der Waals surface area contributed by atoms with Crippen LogP contribution < -0.4 is 0 Å². The second kappa shape index (κ2) is 3.68. The van der Waals surface area contributed by atoms with Gasteiger partial charge in [0.2, 0.25) is 0 Å². The highest BCUT2D eigenvalue weighted by Gasteiger charge is 2.48. The molecule has 13 heavy (non-hydrogen) atoms. The lowest BCUT2D eigenvalue weighted by Crippen LogP contribution is -2.29. The minimum Gasteiger partial charge on any atom is -0.169 e. The summed E-state index contributed by atoms with van der Waals surface area (Å²) in [5.41, 5.74) is 3.21. The molecule has 1 rings (SSSR count). The van der Waals surface area contributed by atoms with Crippen LogP contribution in [0.25, 0.3) is 0 Å². The Labute approximate surface area is 83.0 Å².